The first kappa shape index (κ1) is 18.6. The van der Waals surface area contributed by atoms with Gasteiger partial charge in [-0.25, -0.2) is 0 Å². The van der Waals surface area contributed by atoms with E-state index in [1.54, 1.807) is 26.0 Å². The van der Waals surface area contributed by atoms with Gasteiger partial charge >= 0.3 is 6.61 Å². The van der Waals surface area contributed by atoms with Crippen LogP contribution in [0.2, 0.25) is 0 Å². The summed E-state index contributed by atoms with van der Waals surface area (Å²) in [5.74, 6) is -0.0378. The fourth-order valence-electron chi connectivity index (χ4n) is 3.05. The van der Waals surface area contributed by atoms with Gasteiger partial charge in [-0.15, -0.1) is 0 Å². The van der Waals surface area contributed by atoms with Gasteiger partial charge in [0.15, 0.2) is 0 Å². The van der Waals surface area contributed by atoms with Crippen molar-refractivity contribution in [2.75, 3.05) is 13.1 Å². The molecule has 2 N–H and O–H groups in total. The molecular formula is C17H24F2N2O3. The van der Waals surface area contributed by atoms with Crippen LogP contribution in [-0.2, 0) is 11.3 Å². The van der Waals surface area contributed by atoms with Crippen molar-refractivity contribution in [1.29, 1.82) is 0 Å². The number of alkyl halides is 2. The quantitative estimate of drug-likeness (QED) is 0.797. The number of likely N-dealkylation sites (tertiary alicyclic amines) is 1. The molecule has 0 radical (unpaired) electrons. The van der Waals surface area contributed by atoms with Crippen LogP contribution >= 0.6 is 0 Å². The maximum Gasteiger partial charge on any atom is 0.387 e. The number of nitrogens with one attached hydrogen (secondary N) is 1. The summed E-state index contributed by atoms with van der Waals surface area (Å²) >= 11 is 0. The summed E-state index contributed by atoms with van der Waals surface area (Å²) in [4.78, 5) is 14.1. The van der Waals surface area contributed by atoms with Gasteiger partial charge in [0.1, 0.15) is 5.75 Å². The molecular weight excluding hydrogens is 318 g/mol. The summed E-state index contributed by atoms with van der Waals surface area (Å²) in [6.45, 7) is 2.02. The molecule has 0 saturated carbocycles. The molecule has 5 nitrogen and oxygen atoms in total. The molecule has 1 fully saturated rings. The van der Waals surface area contributed by atoms with Crippen molar-refractivity contribution in [1.82, 2.24) is 10.2 Å². The summed E-state index contributed by atoms with van der Waals surface area (Å²) in [7, 11) is 0. The lowest BCUT2D eigenvalue weighted by molar-refractivity contribution is -0.123. The first-order chi connectivity index (χ1) is 11.3. The Morgan fingerprint density at radius 1 is 1.42 bits per heavy atom. The van der Waals surface area contributed by atoms with Crippen LogP contribution in [0.5, 0.6) is 5.75 Å². The van der Waals surface area contributed by atoms with Crippen molar-refractivity contribution in [3.8, 4) is 5.75 Å². The molecule has 1 heterocycles. The maximum atomic E-state index is 12.1. The zero-order valence-electron chi connectivity index (χ0n) is 14.0. The number of ether oxygens (including phenoxy) is 1. The van der Waals surface area contributed by atoms with Gasteiger partial charge in [-0.1, -0.05) is 12.1 Å². The normalized spacial score (nSPS) is 18.8. The number of hydrogen-bond acceptors (Lipinski definition) is 4. The minimum Gasteiger partial charge on any atom is -0.435 e. The average molecular weight is 342 g/mol. The van der Waals surface area contributed by atoms with Gasteiger partial charge in [0.2, 0.25) is 5.91 Å². The highest BCUT2D eigenvalue weighted by molar-refractivity contribution is 5.78. The Morgan fingerprint density at radius 2 is 2.08 bits per heavy atom. The van der Waals surface area contributed by atoms with Crippen molar-refractivity contribution in [2.24, 2.45) is 0 Å². The lowest BCUT2D eigenvalue weighted by atomic mass is 9.97. The van der Waals surface area contributed by atoms with E-state index in [-0.39, 0.29) is 24.2 Å². The minimum absolute atomic E-state index is 0.0194. The van der Waals surface area contributed by atoms with E-state index in [9.17, 15) is 18.7 Å². The average Bonchev–Trinajstić information content (AvgIpc) is 2.94. The van der Waals surface area contributed by atoms with E-state index in [1.807, 2.05) is 4.90 Å². The smallest absolute Gasteiger partial charge is 0.387 e. The number of amides is 1. The molecule has 0 spiro atoms. The molecule has 1 amide bonds. The SMILES string of the molecule is CC(C)(O)C1CCCN1CC(=O)NCc1ccc(OC(F)F)cc1. The van der Waals surface area contributed by atoms with Crippen LogP contribution in [0.25, 0.3) is 0 Å². The monoisotopic (exact) mass is 342 g/mol. The molecule has 1 unspecified atom stereocenters. The Morgan fingerprint density at radius 3 is 2.67 bits per heavy atom. The summed E-state index contributed by atoms with van der Waals surface area (Å²) in [6, 6.07) is 6.13. The second kappa shape index (κ2) is 7.90. The van der Waals surface area contributed by atoms with Gasteiger partial charge in [-0.3, -0.25) is 9.69 Å². The summed E-state index contributed by atoms with van der Waals surface area (Å²) < 4.78 is 28.4. The predicted molar refractivity (Wildman–Crippen MR) is 85.8 cm³/mol. The van der Waals surface area contributed by atoms with Gasteiger partial charge in [0.05, 0.1) is 12.1 Å². The Labute approximate surface area is 140 Å². The molecule has 1 aromatic carbocycles. The molecule has 0 aliphatic carbocycles. The molecule has 0 aromatic heterocycles. The predicted octanol–water partition coefficient (Wildman–Crippen LogP) is 2.14. The Kier molecular flexibility index (Phi) is 6.12. The van der Waals surface area contributed by atoms with Gasteiger partial charge in [0, 0.05) is 12.6 Å². The third kappa shape index (κ3) is 5.42. The number of aliphatic hydroxyl groups is 1. The first-order valence-corrected chi connectivity index (χ1v) is 8.02. The number of benzene rings is 1. The standard InChI is InChI=1S/C17H24F2N2O3/c1-17(2,23)14-4-3-9-21(14)11-15(22)20-10-12-5-7-13(8-6-12)24-16(18)19/h5-8,14,16,23H,3-4,9-11H2,1-2H3,(H,20,22). The molecule has 7 heteroatoms. The number of carbonyl (C=O) groups excluding carboxylic acids is 1. The molecule has 1 atom stereocenters. The van der Waals surface area contributed by atoms with Crippen LogP contribution in [-0.4, -0.2) is 47.3 Å². The third-order valence-corrected chi connectivity index (χ3v) is 4.16. The van der Waals surface area contributed by atoms with E-state index in [2.05, 4.69) is 10.1 Å². The number of carbonyl (C=O) groups is 1. The number of hydrogen-bond donors (Lipinski definition) is 2. The zero-order chi connectivity index (χ0) is 17.7. The molecule has 1 aliphatic heterocycles. The van der Waals surface area contributed by atoms with Gasteiger partial charge in [0.25, 0.3) is 0 Å². The fraction of sp³-hybridized carbons (Fsp3) is 0.588. The second-order valence-electron chi connectivity index (χ2n) is 6.58. The van der Waals surface area contributed by atoms with Crippen LogP contribution in [0, 0.1) is 0 Å². The van der Waals surface area contributed by atoms with Crippen molar-refractivity contribution in [3.63, 3.8) is 0 Å². The number of rotatable bonds is 7. The summed E-state index contributed by atoms with van der Waals surface area (Å²) in [6.07, 6.45) is 1.84. The van der Waals surface area contributed by atoms with E-state index in [1.165, 1.54) is 12.1 Å². The topological polar surface area (TPSA) is 61.8 Å². The summed E-state index contributed by atoms with van der Waals surface area (Å²) in [5.41, 5.74) is -0.0393. The Hall–Kier alpha value is -1.73. The molecule has 0 bridgehead atoms. The van der Waals surface area contributed by atoms with Gasteiger partial charge in [-0.2, -0.15) is 8.78 Å². The maximum absolute atomic E-state index is 12.1. The molecule has 2 rings (SSSR count). The second-order valence-corrected chi connectivity index (χ2v) is 6.58. The largest absolute Gasteiger partial charge is 0.435 e. The molecule has 134 valence electrons. The van der Waals surface area contributed by atoms with Gasteiger partial charge in [-0.05, 0) is 50.9 Å². The van der Waals surface area contributed by atoms with E-state index in [4.69, 9.17) is 0 Å². The van der Waals surface area contributed by atoms with Crippen LogP contribution < -0.4 is 10.1 Å². The Balaban J connectivity index is 1.81. The summed E-state index contributed by atoms with van der Waals surface area (Å²) in [5, 5.41) is 13.0. The van der Waals surface area contributed by atoms with E-state index in [0.29, 0.717) is 6.54 Å². The van der Waals surface area contributed by atoms with Crippen LogP contribution in [0.15, 0.2) is 24.3 Å². The van der Waals surface area contributed by atoms with E-state index in [0.717, 1.165) is 24.9 Å². The Bertz CT molecular complexity index is 544. The van der Waals surface area contributed by atoms with Crippen molar-refractivity contribution >= 4 is 5.91 Å². The molecule has 1 aromatic rings. The highest BCUT2D eigenvalue weighted by Gasteiger charge is 2.36. The third-order valence-electron chi connectivity index (χ3n) is 4.16. The van der Waals surface area contributed by atoms with Crippen molar-refractivity contribution in [3.05, 3.63) is 29.8 Å². The highest BCUT2D eigenvalue weighted by atomic mass is 19.3. The zero-order valence-corrected chi connectivity index (χ0v) is 14.0. The molecule has 24 heavy (non-hydrogen) atoms. The van der Waals surface area contributed by atoms with E-state index < -0.39 is 12.2 Å². The molecule has 1 saturated heterocycles. The van der Waals surface area contributed by atoms with Crippen LogP contribution in [0.4, 0.5) is 8.78 Å². The lowest BCUT2D eigenvalue weighted by Crippen LogP contribution is -2.48. The molecule has 1 aliphatic rings. The van der Waals surface area contributed by atoms with Crippen LogP contribution in [0.1, 0.15) is 32.3 Å². The lowest BCUT2D eigenvalue weighted by Gasteiger charge is -2.33. The van der Waals surface area contributed by atoms with E-state index >= 15 is 0 Å². The number of halogens is 2. The van der Waals surface area contributed by atoms with Crippen molar-refractivity contribution < 1.29 is 23.4 Å². The highest BCUT2D eigenvalue weighted by Crippen LogP contribution is 2.26. The van der Waals surface area contributed by atoms with Crippen LogP contribution in [0.3, 0.4) is 0 Å². The van der Waals surface area contributed by atoms with Gasteiger partial charge < -0.3 is 15.2 Å². The fourth-order valence-corrected chi connectivity index (χ4v) is 3.05. The van der Waals surface area contributed by atoms with Crippen molar-refractivity contribution in [2.45, 2.75) is 51.5 Å². The first-order valence-electron chi connectivity index (χ1n) is 8.02. The minimum atomic E-state index is -2.85. The number of nitrogens with zero attached hydrogens (tertiary/aromatic N) is 1.